The van der Waals surface area contributed by atoms with Crippen molar-refractivity contribution in [2.45, 2.75) is 19.4 Å². The number of ether oxygens (including phenoxy) is 2. The molecule has 0 spiro atoms. The molecule has 2 N–H and O–H groups in total. The number of aromatic nitrogens is 5. The van der Waals surface area contributed by atoms with E-state index in [-0.39, 0.29) is 24.2 Å². The third-order valence-electron chi connectivity index (χ3n) is 5.70. The highest BCUT2D eigenvalue weighted by Crippen LogP contribution is 2.41. The fourth-order valence-electron chi connectivity index (χ4n) is 3.86. The quantitative estimate of drug-likeness (QED) is 0.414. The highest BCUT2D eigenvalue weighted by molar-refractivity contribution is 6.03. The lowest BCUT2D eigenvalue weighted by atomic mass is 10.1. The van der Waals surface area contributed by atoms with Crippen LogP contribution in [0.25, 0.3) is 11.5 Å². The molecule has 2 aromatic carbocycles. The van der Waals surface area contributed by atoms with Crippen LogP contribution in [-0.2, 0) is 11.2 Å². The standard InChI is InChI=1S/C24H23N7O5/c1-13-27-30-23(36-13)15-10-17-19(11-18(15)34-3)35-12-16(24(33)31(17)2)25-22(32)21-26-20(28-29-21)9-14-7-5-4-6-8-14/h4-8,10-11,16H,9,12H2,1-3H3,(H,25,32)(H,26,28,29). The molecule has 2 aromatic heterocycles. The zero-order valence-electron chi connectivity index (χ0n) is 19.8. The second kappa shape index (κ2) is 9.49. The van der Waals surface area contributed by atoms with Crippen molar-refractivity contribution in [1.82, 2.24) is 30.7 Å². The summed E-state index contributed by atoms with van der Waals surface area (Å²) >= 11 is 0. The van der Waals surface area contributed by atoms with Gasteiger partial charge in [-0.3, -0.25) is 9.59 Å². The van der Waals surface area contributed by atoms with Gasteiger partial charge in [-0.1, -0.05) is 30.3 Å². The maximum absolute atomic E-state index is 13.2. The van der Waals surface area contributed by atoms with Crippen LogP contribution >= 0.6 is 0 Å². The normalized spacial score (nSPS) is 15.1. The molecular formula is C24H23N7O5. The summed E-state index contributed by atoms with van der Waals surface area (Å²) in [7, 11) is 3.10. The Hall–Kier alpha value is -4.74. The van der Waals surface area contributed by atoms with Crippen molar-refractivity contribution >= 4 is 17.5 Å². The molecule has 0 saturated heterocycles. The minimum atomic E-state index is -0.960. The number of hydrogen-bond acceptors (Lipinski definition) is 9. The lowest BCUT2D eigenvalue weighted by Gasteiger charge is -2.20. The number of anilines is 1. The predicted molar refractivity (Wildman–Crippen MR) is 127 cm³/mol. The van der Waals surface area contributed by atoms with Gasteiger partial charge < -0.3 is 29.1 Å². The average molecular weight is 489 g/mol. The SMILES string of the molecule is COc1cc2c(cc1-c1nnc(C)o1)N(C)C(=O)C(NC(=O)c1nnc(Cc3ccccc3)[nH]1)CO2. The summed E-state index contributed by atoms with van der Waals surface area (Å²) < 4.78 is 16.9. The summed E-state index contributed by atoms with van der Waals surface area (Å²) in [6.07, 6.45) is 0.494. The zero-order chi connectivity index (χ0) is 25.2. The number of aryl methyl sites for hydroxylation is 1. The minimum absolute atomic E-state index is 0.00821. The topological polar surface area (TPSA) is 148 Å². The van der Waals surface area contributed by atoms with Crippen molar-refractivity contribution in [2.24, 2.45) is 0 Å². The van der Waals surface area contributed by atoms with Gasteiger partial charge in [-0.15, -0.1) is 20.4 Å². The highest BCUT2D eigenvalue weighted by Gasteiger charge is 2.33. The number of hydrogen-bond donors (Lipinski definition) is 2. The van der Waals surface area contributed by atoms with E-state index in [0.29, 0.717) is 40.9 Å². The van der Waals surface area contributed by atoms with Crippen LogP contribution in [0.1, 0.15) is 27.9 Å². The number of aromatic amines is 1. The molecule has 1 unspecified atom stereocenters. The van der Waals surface area contributed by atoms with Crippen LogP contribution in [-0.4, -0.2) is 64.0 Å². The molecule has 4 aromatic rings. The van der Waals surface area contributed by atoms with E-state index in [2.05, 4.69) is 30.7 Å². The van der Waals surface area contributed by atoms with Crippen molar-refractivity contribution in [2.75, 3.05) is 25.7 Å². The Bertz CT molecular complexity index is 1420. The molecule has 2 amide bonds. The second-order valence-electron chi connectivity index (χ2n) is 8.16. The number of benzene rings is 2. The number of carbonyl (C=O) groups excluding carboxylic acids is 2. The first-order valence-corrected chi connectivity index (χ1v) is 11.1. The van der Waals surface area contributed by atoms with Crippen LogP contribution in [0.5, 0.6) is 11.5 Å². The summed E-state index contributed by atoms with van der Waals surface area (Å²) in [5.74, 6) is 1.09. The first kappa shape index (κ1) is 23.0. The van der Waals surface area contributed by atoms with E-state index >= 15 is 0 Å². The molecule has 12 nitrogen and oxygen atoms in total. The molecule has 184 valence electrons. The Morgan fingerprint density at radius 1 is 1.19 bits per heavy atom. The molecule has 0 aliphatic carbocycles. The first-order chi connectivity index (χ1) is 17.4. The predicted octanol–water partition coefficient (Wildman–Crippen LogP) is 1.92. The largest absolute Gasteiger partial charge is 0.496 e. The molecule has 36 heavy (non-hydrogen) atoms. The number of rotatable bonds is 6. The van der Waals surface area contributed by atoms with Gasteiger partial charge in [0, 0.05) is 26.5 Å². The lowest BCUT2D eigenvalue weighted by molar-refractivity contribution is -0.120. The number of likely N-dealkylation sites (N-methyl/N-ethyl adjacent to an activating group) is 1. The van der Waals surface area contributed by atoms with Crippen molar-refractivity contribution in [3.05, 3.63) is 65.6 Å². The van der Waals surface area contributed by atoms with Gasteiger partial charge in [0.05, 0.1) is 18.4 Å². The van der Waals surface area contributed by atoms with Gasteiger partial charge in [0.25, 0.3) is 17.7 Å². The molecule has 0 fully saturated rings. The van der Waals surface area contributed by atoms with E-state index in [1.165, 1.54) is 12.0 Å². The molecule has 5 rings (SSSR count). The van der Waals surface area contributed by atoms with E-state index in [4.69, 9.17) is 13.9 Å². The maximum Gasteiger partial charge on any atom is 0.289 e. The van der Waals surface area contributed by atoms with Crippen molar-refractivity contribution < 1.29 is 23.5 Å². The third-order valence-corrected chi connectivity index (χ3v) is 5.70. The number of carbonyl (C=O) groups is 2. The molecule has 1 aliphatic heterocycles. The fourth-order valence-corrected chi connectivity index (χ4v) is 3.86. The Kier molecular flexibility index (Phi) is 6.07. The second-order valence-corrected chi connectivity index (χ2v) is 8.16. The van der Waals surface area contributed by atoms with E-state index in [1.54, 1.807) is 26.1 Å². The summed E-state index contributed by atoms with van der Waals surface area (Å²) in [4.78, 5) is 30.4. The Balaban J connectivity index is 1.34. The Morgan fingerprint density at radius 3 is 2.72 bits per heavy atom. The van der Waals surface area contributed by atoms with Crippen LogP contribution in [0.2, 0.25) is 0 Å². The lowest BCUT2D eigenvalue weighted by Crippen LogP contribution is -2.49. The summed E-state index contributed by atoms with van der Waals surface area (Å²) in [5.41, 5.74) is 2.00. The van der Waals surface area contributed by atoms with E-state index < -0.39 is 11.9 Å². The van der Waals surface area contributed by atoms with Crippen molar-refractivity contribution in [1.29, 1.82) is 0 Å². The van der Waals surface area contributed by atoms with Gasteiger partial charge in [0.15, 0.2) is 0 Å². The van der Waals surface area contributed by atoms with Crippen molar-refractivity contribution in [3.63, 3.8) is 0 Å². The van der Waals surface area contributed by atoms with Crippen molar-refractivity contribution in [3.8, 4) is 23.0 Å². The van der Waals surface area contributed by atoms with E-state index in [9.17, 15) is 9.59 Å². The number of nitrogens with zero attached hydrogens (tertiary/aromatic N) is 5. The number of nitrogens with one attached hydrogen (secondary N) is 2. The number of methoxy groups -OCH3 is 1. The van der Waals surface area contributed by atoms with Gasteiger partial charge in [-0.2, -0.15) is 0 Å². The zero-order valence-corrected chi connectivity index (χ0v) is 19.8. The Morgan fingerprint density at radius 2 is 2.00 bits per heavy atom. The van der Waals surface area contributed by atoms with Gasteiger partial charge in [-0.05, 0) is 11.6 Å². The molecule has 0 saturated carbocycles. The van der Waals surface area contributed by atoms with Gasteiger partial charge >= 0.3 is 0 Å². The maximum atomic E-state index is 13.2. The number of H-pyrrole nitrogens is 1. The average Bonchev–Trinajstić information content (AvgIpc) is 3.52. The van der Waals surface area contributed by atoms with E-state index in [1.807, 2.05) is 30.3 Å². The number of fused-ring (bicyclic) bond motifs is 1. The molecular weight excluding hydrogens is 466 g/mol. The fraction of sp³-hybridized carbons (Fsp3) is 0.250. The smallest absolute Gasteiger partial charge is 0.289 e. The first-order valence-electron chi connectivity index (χ1n) is 11.1. The molecule has 12 heteroatoms. The van der Waals surface area contributed by atoms with E-state index in [0.717, 1.165) is 5.56 Å². The van der Waals surface area contributed by atoms with Crippen LogP contribution in [0.3, 0.4) is 0 Å². The number of amides is 2. The van der Waals surface area contributed by atoms with Crippen LogP contribution < -0.4 is 19.7 Å². The van der Waals surface area contributed by atoms with Crippen LogP contribution in [0.15, 0.2) is 46.9 Å². The molecule has 3 heterocycles. The molecule has 1 atom stereocenters. The van der Waals surface area contributed by atoms with Crippen LogP contribution in [0, 0.1) is 6.92 Å². The molecule has 0 radical (unpaired) electrons. The van der Waals surface area contributed by atoms with Gasteiger partial charge in [-0.25, -0.2) is 0 Å². The Labute approximate surface area is 205 Å². The molecule has 1 aliphatic rings. The highest BCUT2D eigenvalue weighted by atomic mass is 16.5. The van der Waals surface area contributed by atoms with Gasteiger partial charge in [0.1, 0.15) is 30.0 Å². The minimum Gasteiger partial charge on any atom is -0.496 e. The third kappa shape index (κ3) is 4.48. The summed E-state index contributed by atoms with van der Waals surface area (Å²) in [6, 6.07) is 12.0. The summed E-state index contributed by atoms with van der Waals surface area (Å²) in [6.45, 7) is 1.59. The monoisotopic (exact) mass is 489 g/mol. The summed E-state index contributed by atoms with van der Waals surface area (Å²) in [5, 5.41) is 18.6. The van der Waals surface area contributed by atoms with Gasteiger partial charge in [0.2, 0.25) is 11.7 Å². The van der Waals surface area contributed by atoms with Crippen LogP contribution in [0.4, 0.5) is 5.69 Å². The molecule has 0 bridgehead atoms.